The molecule has 0 aliphatic carbocycles. The van der Waals surface area contributed by atoms with Gasteiger partial charge < -0.3 is 14.6 Å². The standard InChI is InChI=1S/C14H20FNO5S/c1-9-6-16(7-10(9)8-17)22(18,19)14-5-13(21-3)12(20-2)4-11(14)15/h4-5,9-10,17H,6-8H2,1-3H3/t9-,10+/m1/s1. The minimum absolute atomic E-state index is 0.0166. The predicted octanol–water partition coefficient (Wildman–Crippen LogP) is 1.09. The zero-order chi connectivity index (χ0) is 16.5. The molecule has 0 spiro atoms. The second-order valence-corrected chi connectivity index (χ2v) is 7.29. The van der Waals surface area contributed by atoms with E-state index in [2.05, 4.69) is 0 Å². The lowest BCUT2D eigenvalue weighted by Gasteiger charge is -2.18. The van der Waals surface area contributed by atoms with Gasteiger partial charge in [0.15, 0.2) is 11.5 Å². The van der Waals surface area contributed by atoms with E-state index in [1.165, 1.54) is 18.5 Å². The Hall–Kier alpha value is -1.38. The molecule has 124 valence electrons. The number of rotatable bonds is 5. The van der Waals surface area contributed by atoms with E-state index in [1.807, 2.05) is 6.92 Å². The molecule has 1 saturated heterocycles. The molecule has 1 aromatic rings. The minimum Gasteiger partial charge on any atom is -0.493 e. The van der Waals surface area contributed by atoms with Gasteiger partial charge in [0, 0.05) is 31.8 Å². The summed E-state index contributed by atoms with van der Waals surface area (Å²) in [5.41, 5.74) is 0. The van der Waals surface area contributed by atoms with Crippen molar-refractivity contribution in [2.45, 2.75) is 11.8 Å². The molecule has 0 unspecified atom stereocenters. The first-order valence-corrected chi connectivity index (χ1v) is 8.31. The second-order valence-electron chi connectivity index (χ2n) is 5.38. The van der Waals surface area contributed by atoms with Crippen molar-refractivity contribution in [3.05, 3.63) is 17.9 Å². The summed E-state index contributed by atoms with van der Waals surface area (Å²) >= 11 is 0. The molecule has 0 saturated carbocycles. The first-order valence-electron chi connectivity index (χ1n) is 6.87. The van der Waals surface area contributed by atoms with Gasteiger partial charge >= 0.3 is 0 Å². The number of hydrogen-bond acceptors (Lipinski definition) is 5. The van der Waals surface area contributed by atoms with Gasteiger partial charge in [0.2, 0.25) is 10.0 Å². The van der Waals surface area contributed by atoms with E-state index in [9.17, 15) is 17.9 Å². The summed E-state index contributed by atoms with van der Waals surface area (Å²) in [7, 11) is -1.29. The van der Waals surface area contributed by atoms with E-state index in [-0.39, 0.29) is 43.0 Å². The maximum atomic E-state index is 14.2. The highest BCUT2D eigenvalue weighted by Crippen LogP contribution is 2.35. The van der Waals surface area contributed by atoms with Crippen molar-refractivity contribution >= 4 is 10.0 Å². The normalized spacial score (nSPS) is 22.8. The molecule has 1 N–H and O–H groups in total. The summed E-state index contributed by atoms with van der Waals surface area (Å²) in [6, 6.07) is 2.12. The van der Waals surface area contributed by atoms with Gasteiger partial charge in [-0.2, -0.15) is 4.31 Å². The Balaban J connectivity index is 2.42. The van der Waals surface area contributed by atoms with E-state index in [4.69, 9.17) is 9.47 Å². The van der Waals surface area contributed by atoms with Crippen molar-refractivity contribution in [1.29, 1.82) is 0 Å². The van der Waals surface area contributed by atoms with Crippen LogP contribution in [0.4, 0.5) is 4.39 Å². The molecule has 6 nitrogen and oxygen atoms in total. The van der Waals surface area contributed by atoms with E-state index in [0.717, 1.165) is 12.1 Å². The summed E-state index contributed by atoms with van der Waals surface area (Å²) in [6.45, 7) is 2.19. The Kier molecular flexibility index (Phi) is 4.93. The van der Waals surface area contributed by atoms with Crippen LogP contribution in [0.15, 0.2) is 17.0 Å². The van der Waals surface area contributed by atoms with Crippen molar-refractivity contribution in [2.75, 3.05) is 33.9 Å². The molecule has 2 atom stereocenters. The fourth-order valence-corrected chi connectivity index (χ4v) is 4.25. The number of halogens is 1. The molecule has 22 heavy (non-hydrogen) atoms. The van der Waals surface area contributed by atoms with Crippen LogP contribution in [-0.2, 0) is 10.0 Å². The predicted molar refractivity (Wildman–Crippen MR) is 78.0 cm³/mol. The smallest absolute Gasteiger partial charge is 0.246 e. The van der Waals surface area contributed by atoms with Gasteiger partial charge in [-0.15, -0.1) is 0 Å². The number of sulfonamides is 1. The van der Waals surface area contributed by atoms with Crippen molar-refractivity contribution in [2.24, 2.45) is 11.8 Å². The van der Waals surface area contributed by atoms with Crippen LogP contribution in [-0.4, -0.2) is 51.7 Å². The van der Waals surface area contributed by atoms with Crippen molar-refractivity contribution in [1.82, 2.24) is 4.31 Å². The Bertz CT molecular complexity index is 649. The number of nitrogens with zero attached hydrogens (tertiary/aromatic N) is 1. The number of aliphatic hydroxyl groups excluding tert-OH is 1. The van der Waals surface area contributed by atoms with Crippen LogP contribution in [0.1, 0.15) is 6.92 Å². The number of methoxy groups -OCH3 is 2. The van der Waals surface area contributed by atoms with E-state index < -0.39 is 20.7 Å². The lowest BCUT2D eigenvalue weighted by atomic mass is 10.00. The molecule has 1 aromatic carbocycles. The van der Waals surface area contributed by atoms with E-state index in [0.29, 0.717) is 0 Å². The maximum Gasteiger partial charge on any atom is 0.246 e. The summed E-state index contributed by atoms with van der Waals surface area (Å²) < 4.78 is 50.7. The minimum atomic E-state index is -3.99. The van der Waals surface area contributed by atoms with E-state index in [1.54, 1.807) is 0 Å². The topological polar surface area (TPSA) is 76.1 Å². The molecule has 0 bridgehead atoms. The average molecular weight is 333 g/mol. The monoisotopic (exact) mass is 333 g/mol. The molecule has 1 aliphatic heterocycles. The van der Waals surface area contributed by atoms with Crippen molar-refractivity contribution < 1.29 is 27.4 Å². The molecule has 8 heteroatoms. The molecule has 0 amide bonds. The van der Waals surface area contributed by atoms with Gasteiger partial charge in [0.25, 0.3) is 0 Å². The van der Waals surface area contributed by atoms with Gasteiger partial charge in [-0.3, -0.25) is 0 Å². The van der Waals surface area contributed by atoms with Crippen LogP contribution in [0, 0.1) is 17.7 Å². The van der Waals surface area contributed by atoms with Gasteiger partial charge in [0.1, 0.15) is 10.7 Å². The van der Waals surface area contributed by atoms with Gasteiger partial charge in [-0.25, -0.2) is 12.8 Å². The van der Waals surface area contributed by atoms with Gasteiger partial charge in [-0.05, 0) is 11.8 Å². The second kappa shape index (κ2) is 6.39. The fraction of sp³-hybridized carbons (Fsp3) is 0.571. The maximum absolute atomic E-state index is 14.2. The van der Waals surface area contributed by atoms with Crippen LogP contribution >= 0.6 is 0 Å². The highest BCUT2D eigenvalue weighted by molar-refractivity contribution is 7.89. The summed E-state index contributed by atoms with van der Waals surface area (Å²) in [5.74, 6) is -0.742. The number of aliphatic hydroxyl groups is 1. The van der Waals surface area contributed by atoms with Crippen LogP contribution in [0.3, 0.4) is 0 Å². The Morgan fingerprint density at radius 3 is 2.36 bits per heavy atom. The molecule has 0 aromatic heterocycles. The molecule has 0 radical (unpaired) electrons. The zero-order valence-corrected chi connectivity index (χ0v) is 13.6. The molecular formula is C14H20FNO5S. The lowest BCUT2D eigenvalue weighted by Crippen LogP contribution is -2.30. The molecule has 1 fully saturated rings. The van der Waals surface area contributed by atoms with Crippen LogP contribution in [0.25, 0.3) is 0 Å². The zero-order valence-electron chi connectivity index (χ0n) is 12.7. The number of benzene rings is 1. The lowest BCUT2D eigenvalue weighted by molar-refractivity contribution is 0.210. The molecule has 1 heterocycles. The molecule has 2 rings (SSSR count). The van der Waals surface area contributed by atoms with Gasteiger partial charge in [0.05, 0.1) is 14.2 Å². The van der Waals surface area contributed by atoms with Crippen LogP contribution in [0.2, 0.25) is 0 Å². The van der Waals surface area contributed by atoms with Crippen molar-refractivity contribution in [3.8, 4) is 11.5 Å². The Labute approximate surface area is 129 Å². The number of hydrogen-bond donors (Lipinski definition) is 1. The Morgan fingerprint density at radius 2 is 1.86 bits per heavy atom. The summed E-state index contributed by atoms with van der Waals surface area (Å²) in [5, 5.41) is 9.26. The van der Waals surface area contributed by atoms with E-state index >= 15 is 0 Å². The van der Waals surface area contributed by atoms with Crippen molar-refractivity contribution in [3.63, 3.8) is 0 Å². The fourth-order valence-electron chi connectivity index (χ4n) is 2.59. The average Bonchev–Trinajstić information content (AvgIpc) is 2.88. The largest absolute Gasteiger partial charge is 0.493 e. The van der Waals surface area contributed by atoms with Crippen LogP contribution < -0.4 is 9.47 Å². The molecule has 1 aliphatic rings. The quantitative estimate of drug-likeness (QED) is 0.873. The molecular weight excluding hydrogens is 313 g/mol. The first kappa shape index (κ1) is 17.0. The first-order chi connectivity index (χ1) is 10.3. The Morgan fingerprint density at radius 1 is 1.27 bits per heavy atom. The SMILES string of the molecule is COc1cc(F)c(S(=O)(=O)N2C[C@@H](CO)[C@H](C)C2)cc1OC. The summed E-state index contributed by atoms with van der Waals surface area (Å²) in [6.07, 6.45) is 0. The van der Waals surface area contributed by atoms with Crippen LogP contribution in [0.5, 0.6) is 11.5 Å². The highest BCUT2D eigenvalue weighted by atomic mass is 32.2. The number of ether oxygens (including phenoxy) is 2. The third kappa shape index (κ3) is 2.90. The van der Waals surface area contributed by atoms with Gasteiger partial charge in [-0.1, -0.05) is 6.92 Å². The third-order valence-corrected chi connectivity index (χ3v) is 5.87. The highest BCUT2D eigenvalue weighted by Gasteiger charge is 2.38. The third-order valence-electron chi connectivity index (χ3n) is 4.02. The summed E-state index contributed by atoms with van der Waals surface area (Å²) in [4.78, 5) is -0.448.